The summed E-state index contributed by atoms with van der Waals surface area (Å²) in [6.45, 7) is 1.41. The minimum Gasteiger partial charge on any atom is -0.394 e. The number of ketones is 1. The molecule has 0 aromatic carbocycles. The lowest BCUT2D eigenvalue weighted by atomic mass is 9.86. The van der Waals surface area contributed by atoms with E-state index in [4.69, 9.17) is 15.6 Å². The monoisotopic (exact) mass is 349 g/mol. The van der Waals surface area contributed by atoms with Crippen LogP contribution in [-0.4, -0.2) is 74.2 Å². The van der Waals surface area contributed by atoms with E-state index in [0.717, 1.165) is 32.1 Å². The van der Waals surface area contributed by atoms with E-state index in [2.05, 4.69) is 6.92 Å². The molecule has 0 spiro atoms. The van der Waals surface area contributed by atoms with Crippen molar-refractivity contribution in [1.29, 1.82) is 0 Å². The molecule has 24 heavy (non-hydrogen) atoms. The number of hydrogen-bond donors (Lipinski definition) is 6. The number of ether oxygens (including phenoxy) is 1. The molecule has 0 aromatic rings. The molecule has 8 nitrogen and oxygen atoms in total. The highest BCUT2D eigenvalue weighted by Crippen LogP contribution is 2.29. The molecule has 0 saturated carbocycles. The lowest BCUT2D eigenvalue weighted by molar-refractivity contribution is -0.298. The number of hydrogen-bond acceptors (Lipinski definition) is 8. The van der Waals surface area contributed by atoms with Gasteiger partial charge in [-0.3, -0.25) is 4.79 Å². The van der Waals surface area contributed by atoms with Gasteiger partial charge in [0.2, 0.25) is 5.79 Å². The summed E-state index contributed by atoms with van der Waals surface area (Å²) < 4.78 is 5.05. The average Bonchev–Trinajstić information content (AvgIpc) is 2.56. The molecule has 8 heteroatoms. The zero-order valence-electron chi connectivity index (χ0n) is 14.2. The predicted molar refractivity (Wildman–Crippen MR) is 85.9 cm³/mol. The Morgan fingerprint density at radius 1 is 1.21 bits per heavy atom. The van der Waals surface area contributed by atoms with Crippen LogP contribution in [0, 0.1) is 0 Å². The van der Waals surface area contributed by atoms with Gasteiger partial charge in [-0.05, 0) is 6.42 Å². The van der Waals surface area contributed by atoms with Crippen LogP contribution in [0.1, 0.15) is 51.9 Å². The van der Waals surface area contributed by atoms with Gasteiger partial charge in [0.25, 0.3) is 0 Å². The van der Waals surface area contributed by atoms with Crippen LogP contribution in [0.2, 0.25) is 0 Å². The Morgan fingerprint density at radius 3 is 2.42 bits per heavy atom. The summed E-state index contributed by atoms with van der Waals surface area (Å²) in [4.78, 5) is 12.3. The normalized spacial score (nSPS) is 35.0. The van der Waals surface area contributed by atoms with E-state index in [-0.39, 0.29) is 6.42 Å². The molecular formula is C16H31NO7. The number of aliphatic hydroxyl groups excluding tert-OH is 4. The van der Waals surface area contributed by atoms with Crippen LogP contribution in [0.3, 0.4) is 0 Å². The van der Waals surface area contributed by atoms with E-state index in [9.17, 15) is 25.2 Å². The summed E-state index contributed by atoms with van der Waals surface area (Å²) in [5.74, 6) is -3.42. The third-order valence-corrected chi connectivity index (χ3v) is 4.52. The molecule has 0 amide bonds. The molecule has 6 atom stereocenters. The van der Waals surface area contributed by atoms with Crippen LogP contribution in [-0.2, 0) is 9.53 Å². The molecule has 0 aliphatic carbocycles. The van der Waals surface area contributed by atoms with Crippen molar-refractivity contribution in [2.24, 2.45) is 5.73 Å². The highest BCUT2D eigenvalue weighted by atomic mass is 16.7. The number of carbonyl (C=O) groups excluding carboxylic acids is 1. The maximum atomic E-state index is 12.3. The van der Waals surface area contributed by atoms with E-state index in [1.807, 2.05) is 0 Å². The molecule has 7 N–H and O–H groups in total. The highest BCUT2D eigenvalue weighted by Gasteiger charge is 2.55. The molecule has 1 saturated heterocycles. The topological polar surface area (TPSA) is 153 Å². The van der Waals surface area contributed by atoms with Crippen molar-refractivity contribution < 1.29 is 35.1 Å². The van der Waals surface area contributed by atoms with Gasteiger partial charge in [-0.25, -0.2) is 0 Å². The first kappa shape index (κ1) is 21.4. The second-order valence-corrected chi connectivity index (χ2v) is 6.53. The molecule has 1 heterocycles. The molecule has 1 aliphatic heterocycles. The molecule has 1 fully saturated rings. The van der Waals surface area contributed by atoms with Crippen LogP contribution >= 0.6 is 0 Å². The standard InChI is InChI=1S/C16H31NO7/c1-2-3-4-5-6-7-10(19)8-12(20)16(23)15(17)14(22)13(21)11(9-18)24-16/h10-11,13-15,18-19,21-23H,2-9,17H2,1H3/t10-,11-,13-,14+,15-,16?/m1/s1. The second kappa shape index (κ2) is 9.76. The highest BCUT2D eigenvalue weighted by molar-refractivity contribution is 5.87. The van der Waals surface area contributed by atoms with Gasteiger partial charge in [0.05, 0.1) is 18.8 Å². The Kier molecular flexibility index (Phi) is 8.72. The molecule has 0 bridgehead atoms. The molecule has 142 valence electrons. The van der Waals surface area contributed by atoms with E-state index in [1.54, 1.807) is 0 Å². The predicted octanol–water partition coefficient (Wildman–Crippen LogP) is -1.20. The van der Waals surface area contributed by atoms with E-state index < -0.39 is 48.6 Å². The first-order chi connectivity index (χ1) is 11.3. The van der Waals surface area contributed by atoms with Gasteiger partial charge in [0, 0.05) is 6.42 Å². The van der Waals surface area contributed by atoms with Crippen LogP contribution in [0.15, 0.2) is 0 Å². The van der Waals surface area contributed by atoms with Crippen molar-refractivity contribution in [2.75, 3.05) is 6.61 Å². The van der Waals surface area contributed by atoms with Gasteiger partial charge in [0.15, 0.2) is 5.78 Å². The van der Waals surface area contributed by atoms with Gasteiger partial charge in [-0.15, -0.1) is 0 Å². The third-order valence-electron chi connectivity index (χ3n) is 4.52. The minimum absolute atomic E-state index is 0.376. The Hall–Kier alpha value is -0.610. The Labute approximate surface area is 142 Å². The minimum atomic E-state index is -2.55. The Balaban J connectivity index is 2.57. The SMILES string of the molecule is CCCCCCC[C@@H](O)CC(=O)C1(O)O[C@H](CO)[C@@H](O)[C@H](O)[C@H]1N. The van der Waals surface area contributed by atoms with Crippen LogP contribution < -0.4 is 5.73 Å². The average molecular weight is 349 g/mol. The summed E-state index contributed by atoms with van der Waals surface area (Å²) in [7, 11) is 0. The zero-order chi connectivity index (χ0) is 18.3. The number of nitrogens with two attached hydrogens (primary N) is 1. The fourth-order valence-electron chi connectivity index (χ4n) is 2.89. The van der Waals surface area contributed by atoms with Crippen molar-refractivity contribution in [3.8, 4) is 0 Å². The number of unbranched alkanes of at least 4 members (excludes halogenated alkanes) is 4. The maximum Gasteiger partial charge on any atom is 0.245 e. The molecule has 1 unspecified atom stereocenters. The van der Waals surface area contributed by atoms with Gasteiger partial charge in [-0.1, -0.05) is 39.0 Å². The molecule has 1 aliphatic rings. The van der Waals surface area contributed by atoms with Gasteiger partial charge >= 0.3 is 0 Å². The molecule has 1 rings (SSSR count). The van der Waals surface area contributed by atoms with Crippen LogP contribution in [0.5, 0.6) is 0 Å². The summed E-state index contributed by atoms with van der Waals surface area (Å²) in [6, 6.07) is -1.57. The van der Waals surface area contributed by atoms with Crippen LogP contribution in [0.25, 0.3) is 0 Å². The number of Topliss-reactive ketones (excluding diaryl/α,β-unsaturated/α-hetero) is 1. The fourth-order valence-corrected chi connectivity index (χ4v) is 2.89. The molecule has 0 aromatic heterocycles. The van der Waals surface area contributed by atoms with Gasteiger partial charge in [0.1, 0.15) is 18.3 Å². The zero-order valence-corrected chi connectivity index (χ0v) is 14.2. The van der Waals surface area contributed by atoms with Crippen molar-refractivity contribution >= 4 is 5.78 Å². The third kappa shape index (κ3) is 5.19. The molecular weight excluding hydrogens is 318 g/mol. The summed E-state index contributed by atoms with van der Waals surface area (Å²) in [5.41, 5.74) is 5.63. The Morgan fingerprint density at radius 2 is 1.83 bits per heavy atom. The molecule has 0 radical (unpaired) electrons. The number of aliphatic hydroxyl groups is 5. The van der Waals surface area contributed by atoms with Crippen molar-refractivity contribution in [1.82, 2.24) is 0 Å². The first-order valence-electron chi connectivity index (χ1n) is 8.62. The summed E-state index contributed by atoms with van der Waals surface area (Å²) >= 11 is 0. The second-order valence-electron chi connectivity index (χ2n) is 6.53. The first-order valence-corrected chi connectivity index (χ1v) is 8.62. The number of rotatable bonds is 10. The lowest BCUT2D eigenvalue weighted by Crippen LogP contribution is -2.71. The van der Waals surface area contributed by atoms with Gasteiger partial charge < -0.3 is 36.0 Å². The van der Waals surface area contributed by atoms with Crippen molar-refractivity contribution in [3.05, 3.63) is 0 Å². The Bertz CT molecular complexity index is 393. The summed E-state index contributed by atoms with van der Waals surface area (Å²) in [5, 5.41) is 49.1. The smallest absolute Gasteiger partial charge is 0.245 e. The van der Waals surface area contributed by atoms with Crippen LogP contribution in [0.4, 0.5) is 0 Å². The quantitative estimate of drug-likeness (QED) is 0.269. The largest absolute Gasteiger partial charge is 0.394 e. The maximum absolute atomic E-state index is 12.3. The fraction of sp³-hybridized carbons (Fsp3) is 0.938. The van der Waals surface area contributed by atoms with Crippen molar-refractivity contribution in [3.63, 3.8) is 0 Å². The van der Waals surface area contributed by atoms with E-state index in [0.29, 0.717) is 6.42 Å². The van der Waals surface area contributed by atoms with E-state index >= 15 is 0 Å². The lowest BCUT2D eigenvalue weighted by Gasteiger charge is -2.45. The van der Waals surface area contributed by atoms with Gasteiger partial charge in [-0.2, -0.15) is 0 Å². The van der Waals surface area contributed by atoms with Crippen molar-refractivity contribution in [2.45, 2.75) is 88.1 Å². The summed E-state index contributed by atoms with van der Waals surface area (Å²) in [6.07, 6.45) is -0.361. The number of carbonyl (C=O) groups is 1. The van der Waals surface area contributed by atoms with E-state index in [1.165, 1.54) is 0 Å².